The largest absolute Gasteiger partial charge is 0.451 e. The zero-order valence-corrected chi connectivity index (χ0v) is 13.1. The summed E-state index contributed by atoms with van der Waals surface area (Å²) < 4.78 is 5.32. The van der Waals surface area contributed by atoms with Crippen LogP contribution in [0.2, 0.25) is 0 Å². The lowest BCUT2D eigenvalue weighted by Gasteiger charge is -2.23. The number of esters is 1. The van der Waals surface area contributed by atoms with E-state index >= 15 is 0 Å². The lowest BCUT2D eigenvalue weighted by molar-refractivity contribution is -0.157. The summed E-state index contributed by atoms with van der Waals surface area (Å²) in [7, 11) is 0. The van der Waals surface area contributed by atoms with Crippen LogP contribution in [0.5, 0.6) is 0 Å². The van der Waals surface area contributed by atoms with Gasteiger partial charge in [0.25, 0.3) is 5.91 Å². The van der Waals surface area contributed by atoms with Gasteiger partial charge in [0.2, 0.25) is 0 Å². The van der Waals surface area contributed by atoms with Gasteiger partial charge in [-0.25, -0.2) is 0 Å². The molecule has 1 aromatic rings. The van der Waals surface area contributed by atoms with E-state index in [0.717, 1.165) is 5.56 Å². The molecule has 22 heavy (non-hydrogen) atoms. The van der Waals surface area contributed by atoms with Gasteiger partial charge in [-0.1, -0.05) is 44.2 Å². The van der Waals surface area contributed by atoms with E-state index in [1.54, 1.807) is 0 Å². The van der Waals surface area contributed by atoms with E-state index in [4.69, 9.17) is 16.2 Å². The molecule has 1 aromatic carbocycles. The molecule has 2 unspecified atom stereocenters. The molecule has 122 valence electrons. The molecule has 0 spiro atoms. The van der Waals surface area contributed by atoms with Gasteiger partial charge in [-0.05, 0) is 11.5 Å². The predicted molar refractivity (Wildman–Crippen MR) is 84.9 cm³/mol. The van der Waals surface area contributed by atoms with Crippen molar-refractivity contribution in [3.05, 3.63) is 35.9 Å². The first-order chi connectivity index (χ1) is 10.5. The summed E-state index contributed by atoms with van der Waals surface area (Å²) in [6, 6.07) is 8.79. The summed E-state index contributed by atoms with van der Waals surface area (Å²) >= 11 is 0. The Morgan fingerprint density at radius 1 is 1.23 bits per heavy atom. The van der Waals surface area contributed by atoms with Gasteiger partial charge in [-0.2, -0.15) is 0 Å². The molecule has 2 atom stereocenters. The first kappa shape index (κ1) is 18.1. The van der Waals surface area contributed by atoms with Crippen molar-refractivity contribution in [2.45, 2.75) is 32.4 Å². The Labute approximate surface area is 131 Å². The maximum absolute atomic E-state index is 12.3. The molecular weight excluding hydrogens is 282 g/mol. The van der Waals surface area contributed by atoms with Crippen LogP contribution in [-0.2, 0) is 20.7 Å². The average Bonchev–Trinajstić information content (AvgIpc) is 2.47. The summed E-state index contributed by atoms with van der Waals surface area (Å²) in [6.07, 6.45) is -0.709. The van der Waals surface area contributed by atoms with Gasteiger partial charge in [0.05, 0.1) is 0 Å². The summed E-state index contributed by atoms with van der Waals surface area (Å²) in [5.74, 6) is -1.12. The minimum atomic E-state index is -0.976. The van der Waals surface area contributed by atoms with Crippen LogP contribution in [0.1, 0.15) is 19.4 Å². The monoisotopic (exact) mass is 307 g/mol. The van der Waals surface area contributed by atoms with Crippen LogP contribution in [-0.4, -0.2) is 37.1 Å². The predicted octanol–water partition coefficient (Wildman–Crippen LogP) is 0.199. The molecule has 1 rings (SSSR count). The number of benzene rings is 1. The molecule has 0 aromatic heterocycles. The zero-order chi connectivity index (χ0) is 16.5. The third-order valence-electron chi connectivity index (χ3n) is 3.27. The van der Waals surface area contributed by atoms with E-state index in [2.05, 4.69) is 5.32 Å². The van der Waals surface area contributed by atoms with Gasteiger partial charge < -0.3 is 21.5 Å². The average molecular weight is 307 g/mol. The molecule has 0 fully saturated rings. The van der Waals surface area contributed by atoms with Crippen LogP contribution in [0.15, 0.2) is 30.3 Å². The molecule has 5 N–H and O–H groups in total. The number of hydrogen-bond acceptors (Lipinski definition) is 5. The number of carbonyl (C=O) groups excluding carboxylic acids is 2. The summed E-state index contributed by atoms with van der Waals surface area (Å²) in [5, 5.41) is 3.03. The topological polar surface area (TPSA) is 107 Å². The zero-order valence-electron chi connectivity index (χ0n) is 13.1. The van der Waals surface area contributed by atoms with Crippen molar-refractivity contribution < 1.29 is 14.3 Å². The first-order valence-corrected chi connectivity index (χ1v) is 7.43. The molecule has 0 saturated carbocycles. The van der Waals surface area contributed by atoms with Crippen molar-refractivity contribution >= 4 is 11.9 Å². The van der Waals surface area contributed by atoms with Crippen molar-refractivity contribution in [1.29, 1.82) is 0 Å². The fourth-order valence-corrected chi connectivity index (χ4v) is 2.07. The second-order valence-electron chi connectivity index (χ2n) is 5.48. The highest BCUT2D eigenvalue weighted by molar-refractivity contribution is 5.84. The maximum atomic E-state index is 12.3. The van der Waals surface area contributed by atoms with Crippen LogP contribution in [0.3, 0.4) is 0 Å². The Kier molecular flexibility index (Phi) is 7.56. The molecule has 6 nitrogen and oxygen atoms in total. The van der Waals surface area contributed by atoms with Crippen LogP contribution in [0, 0.1) is 5.92 Å². The Balaban J connectivity index is 2.72. The van der Waals surface area contributed by atoms with E-state index in [0.29, 0.717) is 13.1 Å². The van der Waals surface area contributed by atoms with E-state index in [1.165, 1.54) is 0 Å². The fourth-order valence-electron chi connectivity index (χ4n) is 2.07. The van der Waals surface area contributed by atoms with Crippen LogP contribution in [0.4, 0.5) is 0 Å². The number of ether oxygens (including phenoxy) is 1. The highest BCUT2D eigenvalue weighted by Crippen LogP contribution is 2.10. The van der Waals surface area contributed by atoms with Crippen molar-refractivity contribution in [3.63, 3.8) is 0 Å². The minimum Gasteiger partial charge on any atom is -0.451 e. The Morgan fingerprint density at radius 3 is 2.36 bits per heavy atom. The van der Waals surface area contributed by atoms with Crippen LogP contribution >= 0.6 is 0 Å². The quantitative estimate of drug-likeness (QED) is 0.565. The molecule has 6 heteroatoms. The van der Waals surface area contributed by atoms with E-state index < -0.39 is 24.0 Å². The smallest absolute Gasteiger partial charge is 0.324 e. The highest BCUT2D eigenvalue weighted by Gasteiger charge is 2.28. The van der Waals surface area contributed by atoms with Gasteiger partial charge in [0.1, 0.15) is 6.04 Å². The van der Waals surface area contributed by atoms with Crippen LogP contribution < -0.4 is 16.8 Å². The van der Waals surface area contributed by atoms with E-state index in [1.807, 2.05) is 44.2 Å². The molecule has 1 amide bonds. The maximum Gasteiger partial charge on any atom is 0.324 e. The molecular formula is C16H25N3O3. The number of nitrogens with two attached hydrogens (primary N) is 2. The second-order valence-corrected chi connectivity index (χ2v) is 5.48. The molecule has 0 radical (unpaired) electrons. The lowest BCUT2D eigenvalue weighted by Crippen LogP contribution is -2.47. The molecule has 0 aliphatic carbocycles. The van der Waals surface area contributed by atoms with Crippen molar-refractivity contribution in [2.24, 2.45) is 17.4 Å². The van der Waals surface area contributed by atoms with Gasteiger partial charge in [0, 0.05) is 19.5 Å². The van der Waals surface area contributed by atoms with Crippen molar-refractivity contribution in [1.82, 2.24) is 5.32 Å². The van der Waals surface area contributed by atoms with E-state index in [-0.39, 0.29) is 12.3 Å². The summed E-state index contributed by atoms with van der Waals surface area (Å²) in [4.78, 5) is 23.8. The Bertz CT molecular complexity index is 477. The van der Waals surface area contributed by atoms with Crippen molar-refractivity contribution in [2.75, 3.05) is 13.1 Å². The van der Waals surface area contributed by atoms with Crippen molar-refractivity contribution in [3.8, 4) is 0 Å². The molecule has 0 aliphatic rings. The Hall–Kier alpha value is -1.92. The number of amides is 1. The van der Waals surface area contributed by atoms with Gasteiger partial charge in [-0.3, -0.25) is 9.59 Å². The number of carbonyl (C=O) groups is 2. The normalized spacial score (nSPS) is 13.6. The molecule has 0 aliphatic heterocycles. The Morgan fingerprint density at radius 2 is 1.86 bits per heavy atom. The number of rotatable bonds is 9. The standard InChI is InChI=1S/C16H25N3O3/c1-11(2)14(19-9-8-17)16(21)22-13(15(18)20)10-12-6-4-3-5-7-12/h3-7,11,13-14,19H,8-10,17H2,1-2H3,(H2,18,20). The van der Waals surface area contributed by atoms with Gasteiger partial charge in [-0.15, -0.1) is 0 Å². The highest BCUT2D eigenvalue weighted by atomic mass is 16.5. The van der Waals surface area contributed by atoms with Gasteiger partial charge in [0.15, 0.2) is 6.10 Å². The first-order valence-electron chi connectivity index (χ1n) is 7.43. The lowest BCUT2D eigenvalue weighted by atomic mass is 10.0. The minimum absolute atomic E-state index is 0.0179. The number of nitrogens with one attached hydrogen (secondary N) is 1. The third-order valence-corrected chi connectivity index (χ3v) is 3.27. The molecule has 0 saturated heterocycles. The third kappa shape index (κ3) is 5.83. The molecule has 0 bridgehead atoms. The van der Waals surface area contributed by atoms with Crippen LogP contribution in [0.25, 0.3) is 0 Å². The summed E-state index contributed by atoms with van der Waals surface area (Å²) in [6.45, 7) is 4.70. The second kappa shape index (κ2) is 9.17. The van der Waals surface area contributed by atoms with E-state index in [9.17, 15) is 9.59 Å². The number of primary amides is 1. The number of hydrogen-bond donors (Lipinski definition) is 3. The summed E-state index contributed by atoms with van der Waals surface area (Å²) in [5.41, 5.74) is 11.7. The molecule has 0 heterocycles. The SMILES string of the molecule is CC(C)C(NCCN)C(=O)OC(Cc1ccccc1)C(N)=O. The fraction of sp³-hybridized carbons (Fsp3) is 0.500. The van der Waals surface area contributed by atoms with Gasteiger partial charge >= 0.3 is 5.97 Å².